The van der Waals surface area contributed by atoms with E-state index < -0.39 is 113 Å². The number of rotatable bonds is 18. The summed E-state index contributed by atoms with van der Waals surface area (Å²) in [4.78, 5) is 22.5. The van der Waals surface area contributed by atoms with Gasteiger partial charge in [-0.15, -0.1) is 0 Å². The minimum Gasteiger partial charge on any atom is -0.351 e. The highest BCUT2D eigenvalue weighted by atomic mass is 35.5. The van der Waals surface area contributed by atoms with E-state index in [0.717, 1.165) is 0 Å². The van der Waals surface area contributed by atoms with Crippen molar-refractivity contribution in [3.63, 3.8) is 0 Å². The summed E-state index contributed by atoms with van der Waals surface area (Å²) in [6.45, 7) is -4.16. The number of halogens is 30. The summed E-state index contributed by atoms with van der Waals surface area (Å²) in [5.41, 5.74) is 0. The van der Waals surface area contributed by atoms with Crippen molar-refractivity contribution in [1.82, 2.24) is 10.6 Å². The molecule has 0 aliphatic carbocycles. The normalized spacial score (nSPS) is 16.1. The van der Waals surface area contributed by atoms with Crippen molar-refractivity contribution in [3.8, 4) is 0 Å². The Morgan fingerprint density at radius 3 is 0.679 bits per heavy atom. The van der Waals surface area contributed by atoms with E-state index >= 15 is 0 Å². The second kappa shape index (κ2) is 13.6. The largest absolute Gasteiger partial charge is 0.393 e. The molecular formula is C19H8Cl2F28N2O2. The van der Waals surface area contributed by atoms with Gasteiger partial charge in [0.25, 0.3) is 11.8 Å². The summed E-state index contributed by atoms with van der Waals surface area (Å²) in [6, 6.07) is 0. The lowest BCUT2D eigenvalue weighted by Gasteiger charge is -2.41. The van der Waals surface area contributed by atoms with Gasteiger partial charge in [0.15, 0.2) is 0 Å². The van der Waals surface area contributed by atoms with Crippen LogP contribution in [0, 0.1) is 0 Å². The molecule has 0 aromatic carbocycles. The van der Waals surface area contributed by atoms with Crippen LogP contribution >= 0.6 is 23.2 Å². The molecule has 0 saturated heterocycles. The SMILES string of the molecule is O=C(NCCCNC(=O)C(F)(F)C(F)(F)C(F)(F)C(F)(F)C(F)(F)C(F)(F)C(F)(F)Cl)C(F)(F)C(F)(F)C(F)(F)C(F)(F)C(F)(F)C(F)(F)C(F)(F)Cl. The molecule has 0 aromatic heterocycles. The molecule has 0 fully saturated rings. The Morgan fingerprint density at radius 1 is 0.321 bits per heavy atom. The number of carbonyl (C=O) groups excluding carboxylic acids is 2. The van der Waals surface area contributed by atoms with Crippen LogP contribution in [-0.2, 0) is 9.59 Å². The lowest BCUT2D eigenvalue weighted by molar-refractivity contribution is -0.431. The molecule has 0 unspecified atom stereocenters. The molecule has 0 spiro atoms. The van der Waals surface area contributed by atoms with Gasteiger partial charge in [0.05, 0.1) is 0 Å². The average molecular weight is 899 g/mol. The fraction of sp³-hybridized carbons (Fsp3) is 0.895. The fourth-order valence-electron chi connectivity index (χ4n) is 2.93. The summed E-state index contributed by atoms with van der Waals surface area (Å²) in [6.07, 6.45) is -1.79. The number of nitrogens with one attached hydrogen (secondary N) is 2. The smallest absolute Gasteiger partial charge is 0.351 e. The van der Waals surface area contributed by atoms with Gasteiger partial charge in [-0.2, -0.15) is 123 Å². The molecule has 53 heavy (non-hydrogen) atoms. The third kappa shape index (κ3) is 7.11. The van der Waals surface area contributed by atoms with Crippen LogP contribution in [0.3, 0.4) is 0 Å². The number of amides is 2. The molecule has 0 aromatic rings. The highest BCUT2D eigenvalue weighted by Crippen LogP contribution is 2.64. The van der Waals surface area contributed by atoms with E-state index in [1.165, 1.54) is 0 Å². The number of hydrogen-bond acceptors (Lipinski definition) is 2. The topological polar surface area (TPSA) is 58.2 Å². The summed E-state index contributed by atoms with van der Waals surface area (Å²) < 4.78 is 374. The van der Waals surface area contributed by atoms with Crippen molar-refractivity contribution in [2.45, 2.75) is 88.3 Å². The zero-order valence-corrected chi connectivity index (χ0v) is 24.8. The van der Waals surface area contributed by atoms with E-state index in [9.17, 15) is 133 Å². The Morgan fingerprint density at radius 2 is 0.491 bits per heavy atom. The van der Waals surface area contributed by atoms with Crippen LogP contribution in [-0.4, -0.2) is 107 Å². The zero-order chi connectivity index (χ0) is 43.7. The van der Waals surface area contributed by atoms with Crippen molar-refractivity contribution in [2.24, 2.45) is 0 Å². The predicted molar refractivity (Wildman–Crippen MR) is 112 cm³/mol. The van der Waals surface area contributed by atoms with Crippen molar-refractivity contribution in [2.75, 3.05) is 13.1 Å². The minimum atomic E-state index is -8.68. The van der Waals surface area contributed by atoms with Gasteiger partial charge < -0.3 is 10.6 Å². The van der Waals surface area contributed by atoms with Gasteiger partial charge >= 0.3 is 81.8 Å². The van der Waals surface area contributed by atoms with Crippen LogP contribution < -0.4 is 10.6 Å². The highest BCUT2D eigenvalue weighted by Gasteiger charge is 2.95. The Kier molecular flexibility index (Phi) is 13.0. The highest BCUT2D eigenvalue weighted by molar-refractivity contribution is 6.22. The van der Waals surface area contributed by atoms with Gasteiger partial charge in [-0.3, -0.25) is 9.59 Å². The van der Waals surface area contributed by atoms with E-state index in [2.05, 4.69) is 23.2 Å². The number of carbonyl (C=O) groups is 2. The molecule has 2 amide bonds. The molecule has 0 aliphatic rings. The molecule has 0 saturated carbocycles. The number of hydrogen-bond donors (Lipinski definition) is 2. The first kappa shape index (κ1) is 50.6. The lowest BCUT2D eigenvalue weighted by Crippen LogP contribution is -2.74. The first-order chi connectivity index (χ1) is 22.5. The first-order valence-electron chi connectivity index (χ1n) is 11.8. The van der Waals surface area contributed by atoms with Crippen LogP contribution in [0.5, 0.6) is 0 Å². The quantitative estimate of drug-likeness (QED) is 0.0822. The standard InChI is InChI=1S/C19H8Cl2F28N2O2/c20-18(46,47)16(42,43)14(38,39)12(34,35)10(30,31)8(26,27)6(22,23)4(52)50-2-1-3-51-5(53)7(24,25)9(28,29)11(32,33)13(36,37)15(40,41)17(44,45)19(21,48)49/h1-3H2,(H,50,52)(H,51,53). The maximum absolute atomic E-state index is 13.8. The maximum atomic E-state index is 13.8. The van der Waals surface area contributed by atoms with E-state index in [-0.39, 0.29) is 10.6 Å². The van der Waals surface area contributed by atoms with Crippen LogP contribution in [0.4, 0.5) is 123 Å². The molecule has 2 N–H and O–H groups in total. The summed E-state index contributed by atoms with van der Waals surface area (Å²) in [5.74, 6) is -107. The van der Waals surface area contributed by atoms with Crippen LogP contribution in [0.15, 0.2) is 0 Å². The van der Waals surface area contributed by atoms with Gasteiger partial charge in [-0.25, -0.2) is 0 Å². The van der Waals surface area contributed by atoms with E-state index in [1.54, 1.807) is 0 Å². The van der Waals surface area contributed by atoms with E-state index in [4.69, 9.17) is 0 Å². The maximum Gasteiger partial charge on any atom is 0.393 e. The van der Waals surface area contributed by atoms with Crippen molar-refractivity contribution in [1.29, 1.82) is 0 Å². The van der Waals surface area contributed by atoms with Gasteiger partial charge in [0.1, 0.15) is 0 Å². The molecule has 316 valence electrons. The Hall–Kier alpha value is -2.44. The summed E-state index contributed by atoms with van der Waals surface area (Å²) >= 11 is 6.73. The monoisotopic (exact) mass is 898 g/mol. The van der Waals surface area contributed by atoms with Gasteiger partial charge in [0, 0.05) is 13.1 Å². The van der Waals surface area contributed by atoms with Crippen molar-refractivity contribution < 1.29 is 133 Å². The van der Waals surface area contributed by atoms with Gasteiger partial charge in [0.2, 0.25) is 0 Å². The number of alkyl halides is 30. The molecule has 0 bridgehead atoms. The van der Waals surface area contributed by atoms with Crippen LogP contribution in [0.25, 0.3) is 0 Å². The molecule has 0 aliphatic heterocycles. The third-order valence-electron chi connectivity index (χ3n) is 6.15. The fourth-order valence-corrected chi connectivity index (χ4v) is 3.17. The second-order valence-electron chi connectivity index (χ2n) is 9.75. The van der Waals surface area contributed by atoms with E-state index in [0.29, 0.717) is 0 Å². The van der Waals surface area contributed by atoms with Gasteiger partial charge in [-0.05, 0) is 29.6 Å². The Bertz CT molecular complexity index is 1250. The lowest BCUT2D eigenvalue weighted by atomic mass is 9.91. The van der Waals surface area contributed by atoms with Crippen LogP contribution in [0.2, 0.25) is 0 Å². The molecule has 0 atom stereocenters. The summed E-state index contributed by atoms with van der Waals surface area (Å²) in [5, 5.41) is -13.6. The van der Waals surface area contributed by atoms with E-state index in [1.807, 2.05) is 0 Å². The molecule has 0 rings (SSSR count). The molecule has 4 nitrogen and oxygen atoms in total. The molecule has 0 radical (unpaired) electrons. The Balaban J connectivity index is 6.05. The predicted octanol–water partition coefficient (Wildman–Crippen LogP) is 8.90. The second-order valence-corrected chi connectivity index (χ2v) is 10.7. The minimum absolute atomic E-state index is 0.219. The van der Waals surface area contributed by atoms with Crippen molar-refractivity contribution in [3.05, 3.63) is 0 Å². The average Bonchev–Trinajstić information content (AvgIpc) is 2.94. The summed E-state index contributed by atoms with van der Waals surface area (Å²) in [7, 11) is 0. The molecule has 0 heterocycles. The van der Waals surface area contributed by atoms with Gasteiger partial charge in [-0.1, -0.05) is 0 Å². The van der Waals surface area contributed by atoms with Crippen molar-refractivity contribution >= 4 is 35.0 Å². The molecule has 34 heteroatoms. The third-order valence-corrected chi connectivity index (χ3v) is 6.63. The zero-order valence-electron chi connectivity index (χ0n) is 23.3. The first-order valence-corrected chi connectivity index (χ1v) is 12.5. The molecular weight excluding hydrogens is 891 g/mol. The Labute approximate surface area is 280 Å². The van der Waals surface area contributed by atoms with Crippen LogP contribution in [0.1, 0.15) is 6.42 Å².